The van der Waals surface area contributed by atoms with Crippen molar-refractivity contribution in [2.75, 3.05) is 5.75 Å². The van der Waals surface area contributed by atoms with Crippen molar-refractivity contribution in [1.29, 1.82) is 0 Å². The van der Waals surface area contributed by atoms with Gasteiger partial charge in [0.25, 0.3) is 0 Å². The minimum Gasteiger partial charge on any atom is -0.369 e. The Kier molecular flexibility index (Phi) is 6.48. The molecule has 1 amide bonds. The summed E-state index contributed by atoms with van der Waals surface area (Å²) in [6, 6.07) is 8.15. The largest absolute Gasteiger partial charge is 0.369 e. The molecule has 0 bridgehead atoms. The molecule has 1 heterocycles. The summed E-state index contributed by atoms with van der Waals surface area (Å²) in [4.78, 5) is 28.8. The molecule has 1 saturated carbocycles. The van der Waals surface area contributed by atoms with Gasteiger partial charge in [0.2, 0.25) is 5.91 Å². The molecule has 2 aromatic rings. The highest BCUT2D eigenvalue weighted by molar-refractivity contribution is 8.01. The Bertz CT molecular complexity index is 778. The number of nitrogens with zero attached hydrogens (tertiary/aromatic N) is 1. The van der Waals surface area contributed by atoms with Gasteiger partial charge in [0.15, 0.2) is 10.1 Å². The molecular weight excluding hydrogens is 364 g/mol. The highest BCUT2D eigenvalue weighted by Crippen LogP contribution is 2.33. The van der Waals surface area contributed by atoms with E-state index in [0.29, 0.717) is 11.7 Å². The fourth-order valence-electron chi connectivity index (χ4n) is 3.37. The van der Waals surface area contributed by atoms with Crippen LogP contribution in [0.5, 0.6) is 0 Å². The predicted molar refractivity (Wildman–Crippen MR) is 107 cm³/mol. The highest BCUT2D eigenvalue weighted by atomic mass is 32.2. The number of ketones is 1. The third-order valence-corrected chi connectivity index (χ3v) is 7.14. The van der Waals surface area contributed by atoms with E-state index in [2.05, 4.69) is 17.1 Å². The zero-order valence-electron chi connectivity index (χ0n) is 15.0. The van der Waals surface area contributed by atoms with E-state index in [9.17, 15) is 9.59 Å². The first-order valence-corrected chi connectivity index (χ1v) is 10.8. The lowest BCUT2D eigenvalue weighted by molar-refractivity contribution is -0.117. The first-order chi connectivity index (χ1) is 12.5. The number of carbonyl (C=O) groups excluding carboxylic acids is 2. The molecule has 1 aromatic heterocycles. The number of Topliss-reactive ketones (excluding diaryl/α,β-unsaturated/α-hetero) is 1. The molecule has 4 nitrogen and oxygen atoms in total. The topological polar surface area (TPSA) is 73.1 Å². The molecule has 0 atom stereocenters. The number of rotatable bonds is 7. The standard InChI is InChI=1S/C20H24N2O2S2/c1-13-18(11-19(21)24)26-20(22-13)25-12-17(23)16-9-7-15(8-10-16)14-5-3-2-4-6-14/h7-10,14H,2-6,11-12H2,1H3,(H2,21,24). The van der Waals surface area contributed by atoms with Crippen molar-refractivity contribution < 1.29 is 9.59 Å². The average molecular weight is 389 g/mol. The van der Waals surface area contributed by atoms with Gasteiger partial charge in [-0.05, 0) is 31.2 Å². The van der Waals surface area contributed by atoms with Crippen LogP contribution < -0.4 is 5.73 Å². The molecule has 1 aromatic carbocycles. The van der Waals surface area contributed by atoms with Gasteiger partial charge in [-0.25, -0.2) is 4.98 Å². The van der Waals surface area contributed by atoms with Crippen LogP contribution in [0.3, 0.4) is 0 Å². The number of thioether (sulfide) groups is 1. The van der Waals surface area contributed by atoms with Gasteiger partial charge < -0.3 is 5.73 Å². The Morgan fingerprint density at radius 1 is 1.19 bits per heavy atom. The number of carbonyl (C=O) groups is 2. The lowest BCUT2D eigenvalue weighted by atomic mass is 9.84. The van der Waals surface area contributed by atoms with Crippen LogP contribution in [0.1, 0.15) is 64.5 Å². The Balaban J connectivity index is 1.57. The van der Waals surface area contributed by atoms with Crippen LogP contribution in [0.2, 0.25) is 0 Å². The van der Waals surface area contributed by atoms with Gasteiger partial charge in [-0.2, -0.15) is 0 Å². The molecule has 0 unspecified atom stereocenters. The second-order valence-electron chi connectivity index (χ2n) is 6.80. The second kappa shape index (κ2) is 8.82. The zero-order valence-corrected chi connectivity index (χ0v) is 16.6. The van der Waals surface area contributed by atoms with E-state index in [0.717, 1.165) is 20.5 Å². The van der Waals surface area contributed by atoms with Crippen LogP contribution in [-0.4, -0.2) is 22.4 Å². The van der Waals surface area contributed by atoms with Crippen molar-refractivity contribution in [3.8, 4) is 0 Å². The molecule has 2 N–H and O–H groups in total. The third-order valence-electron chi connectivity index (χ3n) is 4.84. The lowest BCUT2D eigenvalue weighted by Gasteiger charge is -2.22. The monoisotopic (exact) mass is 388 g/mol. The first-order valence-electron chi connectivity index (χ1n) is 9.03. The Hall–Kier alpha value is -1.66. The minimum atomic E-state index is -0.359. The summed E-state index contributed by atoms with van der Waals surface area (Å²) in [6.07, 6.45) is 6.71. The summed E-state index contributed by atoms with van der Waals surface area (Å²) >= 11 is 2.87. The molecule has 6 heteroatoms. The number of amides is 1. The van der Waals surface area contributed by atoms with Gasteiger partial charge in [-0.1, -0.05) is 55.3 Å². The number of hydrogen-bond acceptors (Lipinski definition) is 5. The fourth-order valence-corrected chi connectivity index (χ4v) is 5.51. The van der Waals surface area contributed by atoms with E-state index in [1.165, 1.54) is 60.8 Å². The van der Waals surface area contributed by atoms with Gasteiger partial charge in [-0.15, -0.1) is 11.3 Å². The number of hydrogen-bond donors (Lipinski definition) is 1. The van der Waals surface area contributed by atoms with E-state index in [-0.39, 0.29) is 18.1 Å². The Morgan fingerprint density at radius 3 is 2.54 bits per heavy atom. The van der Waals surface area contributed by atoms with Crippen LogP contribution in [0.25, 0.3) is 0 Å². The molecular formula is C20H24N2O2S2. The highest BCUT2D eigenvalue weighted by Gasteiger charge is 2.16. The molecule has 0 aliphatic heterocycles. The van der Waals surface area contributed by atoms with Gasteiger partial charge in [0.1, 0.15) is 0 Å². The average Bonchev–Trinajstić information content (AvgIpc) is 2.99. The van der Waals surface area contributed by atoms with Crippen LogP contribution in [0.4, 0.5) is 0 Å². The van der Waals surface area contributed by atoms with Crippen molar-refractivity contribution in [1.82, 2.24) is 4.98 Å². The summed E-state index contributed by atoms with van der Waals surface area (Å²) < 4.78 is 0.811. The number of thiazole rings is 1. The molecule has 138 valence electrons. The number of nitrogens with two attached hydrogens (primary N) is 1. The SMILES string of the molecule is Cc1nc(SCC(=O)c2ccc(C3CCCCC3)cc2)sc1CC(N)=O. The minimum absolute atomic E-state index is 0.106. The molecule has 3 rings (SSSR count). The maximum absolute atomic E-state index is 12.5. The van der Waals surface area contributed by atoms with Crippen molar-refractivity contribution in [2.45, 2.75) is 55.7 Å². The molecule has 1 aliphatic rings. The van der Waals surface area contributed by atoms with E-state index in [1.54, 1.807) is 0 Å². The maximum atomic E-state index is 12.5. The first kappa shape index (κ1) is 19.1. The molecule has 26 heavy (non-hydrogen) atoms. The van der Waals surface area contributed by atoms with E-state index in [1.807, 2.05) is 19.1 Å². The van der Waals surface area contributed by atoms with Gasteiger partial charge >= 0.3 is 0 Å². The van der Waals surface area contributed by atoms with Crippen LogP contribution in [-0.2, 0) is 11.2 Å². The summed E-state index contributed by atoms with van der Waals surface area (Å²) in [5.41, 5.74) is 8.18. The Labute approximate surface area is 162 Å². The van der Waals surface area contributed by atoms with Gasteiger partial charge in [0.05, 0.1) is 17.9 Å². The van der Waals surface area contributed by atoms with Crippen LogP contribution in [0, 0.1) is 6.92 Å². The lowest BCUT2D eigenvalue weighted by Crippen LogP contribution is -2.13. The molecule has 0 radical (unpaired) electrons. The normalized spacial score (nSPS) is 15.1. The number of aromatic nitrogens is 1. The number of primary amides is 1. The van der Waals surface area contributed by atoms with Gasteiger partial charge in [0, 0.05) is 10.4 Å². The Morgan fingerprint density at radius 2 is 1.88 bits per heavy atom. The molecule has 0 saturated heterocycles. The summed E-state index contributed by atoms with van der Waals surface area (Å²) in [5.74, 6) is 0.757. The number of benzene rings is 1. The van der Waals surface area contributed by atoms with Gasteiger partial charge in [-0.3, -0.25) is 9.59 Å². The third kappa shape index (κ3) is 4.95. The maximum Gasteiger partial charge on any atom is 0.222 e. The summed E-state index contributed by atoms with van der Waals surface area (Å²) in [5, 5.41) is 0. The predicted octanol–water partition coefficient (Wildman–Crippen LogP) is 4.50. The zero-order chi connectivity index (χ0) is 18.5. The van der Waals surface area contributed by atoms with Crippen molar-refractivity contribution in [3.63, 3.8) is 0 Å². The molecule has 1 fully saturated rings. The van der Waals surface area contributed by atoms with Crippen molar-refractivity contribution >= 4 is 34.8 Å². The number of aryl methyl sites for hydroxylation is 1. The summed E-state index contributed by atoms with van der Waals surface area (Å²) in [7, 11) is 0. The quantitative estimate of drug-likeness (QED) is 0.560. The van der Waals surface area contributed by atoms with Crippen LogP contribution in [0.15, 0.2) is 28.6 Å². The molecule has 0 spiro atoms. The van der Waals surface area contributed by atoms with E-state index >= 15 is 0 Å². The van der Waals surface area contributed by atoms with E-state index in [4.69, 9.17) is 5.73 Å². The van der Waals surface area contributed by atoms with Crippen molar-refractivity contribution in [2.24, 2.45) is 5.73 Å². The summed E-state index contributed by atoms with van der Waals surface area (Å²) in [6.45, 7) is 1.87. The van der Waals surface area contributed by atoms with Crippen LogP contribution >= 0.6 is 23.1 Å². The smallest absolute Gasteiger partial charge is 0.222 e. The van der Waals surface area contributed by atoms with Crippen molar-refractivity contribution in [3.05, 3.63) is 46.0 Å². The second-order valence-corrected chi connectivity index (χ2v) is 9.11. The fraction of sp³-hybridized carbons (Fsp3) is 0.450. The van der Waals surface area contributed by atoms with E-state index < -0.39 is 0 Å². The molecule has 1 aliphatic carbocycles.